The molecule has 0 spiro atoms. The van der Waals surface area contributed by atoms with Crippen LogP contribution in [0.1, 0.15) is 10.4 Å². The molecule has 7 nitrogen and oxygen atoms in total. The first-order valence-corrected chi connectivity index (χ1v) is 8.63. The molecule has 128 valence electrons. The van der Waals surface area contributed by atoms with Crippen molar-refractivity contribution in [2.75, 3.05) is 5.43 Å². The van der Waals surface area contributed by atoms with Gasteiger partial charge in [0, 0.05) is 10.9 Å². The zero-order valence-corrected chi connectivity index (χ0v) is 13.7. The number of phenols is 1. The number of aldehydes is 1. The summed E-state index contributed by atoms with van der Waals surface area (Å²) in [4.78, 5) is 10.6. The number of hydrogen-bond donors (Lipinski definition) is 3. The van der Waals surface area contributed by atoms with Gasteiger partial charge < -0.3 is 5.11 Å². The fraction of sp³-hybridized carbons (Fsp3) is 0. The van der Waals surface area contributed by atoms with Gasteiger partial charge in [-0.15, -0.1) is 0 Å². The maximum Gasteiger partial charge on any atom is 0.318 e. The molecule has 3 aromatic carbocycles. The summed E-state index contributed by atoms with van der Waals surface area (Å²) in [6, 6.07) is 16.1. The minimum atomic E-state index is -4.32. The van der Waals surface area contributed by atoms with Gasteiger partial charge in [0.25, 0.3) is 0 Å². The van der Waals surface area contributed by atoms with Crippen molar-refractivity contribution in [2.45, 2.75) is 4.90 Å². The Kier molecular flexibility index (Phi) is 4.66. The number of para-hydroxylation sites is 1. The second-order valence-corrected chi connectivity index (χ2v) is 6.59. The molecule has 0 radical (unpaired) electrons. The van der Waals surface area contributed by atoms with Crippen molar-refractivity contribution in [2.24, 2.45) is 0 Å². The minimum Gasteiger partial charge on any atom is -0.506 e. The zero-order chi connectivity index (χ0) is 17.9. The largest absolute Gasteiger partial charge is 0.506 e. The van der Waals surface area contributed by atoms with Gasteiger partial charge in [0.1, 0.15) is 10.6 Å². The number of anilines is 1. The molecule has 25 heavy (non-hydrogen) atoms. The van der Waals surface area contributed by atoms with E-state index in [0.717, 1.165) is 0 Å². The molecule has 0 atom stereocenters. The fourth-order valence-corrected chi connectivity index (χ4v) is 3.39. The van der Waals surface area contributed by atoms with Crippen molar-refractivity contribution in [3.05, 3.63) is 66.2 Å². The monoisotopic (exact) mass is 358 g/mol. The summed E-state index contributed by atoms with van der Waals surface area (Å²) in [6.45, 7) is 0. The molecule has 8 heteroatoms. The molecule has 0 saturated carbocycles. The summed E-state index contributed by atoms with van der Waals surface area (Å²) < 4.78 is 29.7. The number of benzene rings is 3. The number of phenolic OH excluding ortho intramolecular Hbond substituents is 1. The quantitative estimate of drug-likeness (QED) is 0.459. The normalized spacial score (nSPS) is 11.4. The molecular weight excluding hydrogens is 344 g/mol. The van der Waals surface area contributed by atoms with E-state index >= 15 is 0 Å². The van der Waals surface area contributed by atoms with Gasteiger partial charge in [-0.25, -0.2) is 0 Å². The molecule has 0 fully saturated rings. The first-order valence-electron chi connectivity index (χ1n) is 7.22. The third-order valence-electron chi connectivity index (χ3n) is 3.53. The number of aromatic hydroxyl groups is 1. The molecule has 0 aliphatic carbocycles. The van der Waals surface area contributed by atoms with Gasteiger partial charge in [0.15, 0.2) is 6.29 Å². The number of rotatable bonds is 6. The van der Waals surface area contributed by atoms with E-state index in [1.807, 2.05) is 0 Å². The Morgan fingerprint density at radius 1 is 0.960 bits per heavy atom. The van der Waals surface area contributed by atoms with Crippen LogP contribution in [0.4, 0.5) is 5.69 Å². The minimum absolute atomic E-state index is 0.323. The molecule has 0 amide bonds. The van der Waals surface area contributed by atoms with E-state index in [0.29, 0.717) is 28.3 Å². The fourth-order valence-electron chi connectivity index (χ4n) is 2.38. The van der Waals surface area contributed by atoms with Crippen LogP contribution in [0.2, 0.25) is 0 Å². The van der Waals surface area contributed by atoms with Gasteiger partial charge in [-0.3, -0.25) is 10.2 Å². The lowest BCUT2D eigenvalue weighted by atomic mass is 10.1. The maximum atomic E-state index is 12.5. The molecule has 0 unspecified atom stereocenters. The number of carbonyl (C=O) groups excluding carboxylic acids is 1. The number of hydrogen-bond acceptors (Lipinski definition) is 7. The Morgan fingerprint density at radius 2 is 1.68 bits per heavy atom. The highest BCUT2D eigenvalue weighted by molar-refractivity contribution is 7.87. The van der Waals surface area contributed by atoms with Crippen molar-refractivity contribution in [1.82, 2.24) is 5.59 Å². The van der Waals surface area contributed by atoms with Crippen molar-refractivity contribution >= 4 is 32.9 Å². The Hall–Kier alpha value is -2.94. The van der Waals surface area contributed by atoms with E-state index in [-0.39, 0.29) is 4.90 Å². The van der Waals surface area contributed by atoms with E-state index in [1.165, 1.54) is 6.07 Å². The van der Waals surface area contributed by atoms with Crippen LogP contribution in [0, 0.1) is 0 Å². The van der Waals surface area contributed by atoms with E-state index in [2.05, 4.69) is 11.0 Å². The Bertz CT molecular complexity index is 1030. The van der Waals surface area contributed by atoms with Gasteiger partial charge in [-0.1, -0.05) is 48.1 Å². The third kappa shape index (κ3) is 3.45. The average molecular weight is 358 g/mol. The number of carbonyl (C=O) groups is 1. The van der Waals surface area contributed by atoms with Gasteiger partial charge in [0.2, 0.25) is 0 Å². The summed E-state index contributed by atoms with van der Waals surface area (Å²) in [5.41, 5.74) is 5.26. The summed E-state index contributed by atoms with van der Waals surface area (Å²) in [5, 5.41) is 11.0. The molecule has 0 aliphatic rings. The first-order chi connectivity index (χ1) is 12.0. The van der Waals surface area contributed by atoms with E-state index in [4.69, 9.17) is 4.28 Å². The summed E-state index contributed by atoms with van der Waals surface area (Å²) >= 11 is 0. The molecule has 0 saturated heterocycles. The lowest BCUT2D eigenvalue weighted by molar-refractivity contribution is 0.112. The zero-order valence-electron chi connectivity index (χ0n) is 12.8. The highest BCUT2D eigenvalue weighted by Gasteiger charge is 2.23. The molecule has 0 aliphatic heterocycles. The molecule has 0 heterocycles. The predicted molar refractivity (Wildman–Crippen MR) is 92.5 cm³/mol. The number of nitrogens with one attached hydrogen (secondary N) is 2. The van der Waals surface area contributed by atoms with E-state index in [9.17, 15) is 18.3 Å². The number of hydrazine groups is 1. The topological polar surface area (TPSA) is 105 Å². The molecule has 0 aromatic heterocycles. The summed E-state index contributed by atoms with van der Waals surface area (Å²) in [5.74, 6) is -0.422. The molecule has 3 rings (SSSR count). The molecule has 3 N–H and O–H groups in total. The molecule has 0 bridgehead atoms. The van der Waals surface area contributed by atoms with Crippen LogP contribution in [0.15, 0.2) is 65.6 Å². The summed E-state index contributed by atoms with van der Waals surface area (Å²) in [7, 11) is -4.32. The van der Waals surface area contributed by atoms with Crippen molar-refractivity contribution in [3.8, 4) is 5.75 Å². The van der Waals surface area contributed by atoms with Crippen molar-refractivity contribution in [1.29, 1.82) is 0 Å². The van der Waals surface area contributed by atoms with Crippen molar-refractivity contribution in [3.63, 3.8) is 0 Å². The predicted octanol–water partition coefficient (Wildman–Crippen LogP) is 2.59. The highest BCUT2D eigenvalue weighted by Crippen LogP contribution is 2.32. The van der Waals surface area contributed by atoms with Crippen LogP contribution in [-0.2, 0) is 14.4 Å². The Labute approximate surface area is 143 Å². The third-order valence-corrected chi connectivity index (χ3v) is 4.77. The van der Waals surface area contributed by atoms with Gasteiger partial charge in [-0.2, -0.15) is 12.7 Å². The lowest BCUT2D eigenvalue weighted by Crippen LogP contribution is -2.26. The van der Waals surface area contributed by atoms with Gasteiger partial charge in [0.05, 0.1) is 5.69 Å². The second kappa shape index (κ2) is 6.89. The summed E-state index contributed by atoms with van der Waals surface area (Å²) in [6.07, 6.45) is 0.620. The van der Waals surface area contributed by atoms with Crippen LogP contribution in [0.5, 0.6) is 5.75 Å². The van der Waals surface area contributed by atoms with Gasteiger partial charge >= 0.3 is 10.1 Å². The molecule has 3 aromatic rings. The Balaban J connectivity index is 1.86. The van der Waals surface area contributed by atoms with Gasteiger partial charge in [-0.05, 0) is 23.6 Å². The van der Waals surface area contributed by atoms with Crippen LogP contribution in [0.3, 0.4) is 0 Å². The standard InChI is InChI=1S/C17H14N2O5S/c20-11-13-6-2-4-8-15(13)18-19-24-25(22,23)17-14-7-3-1-5-12(14)9-10-16(17)21/h1-11,18-19,21H. The smallest absolute Gasteiger partial charge is 0.318 e. The maximum absolute atomic E-state index is 12.5. The number of fused-ring (bicyclic) bond motifs is 1. The van der Waals surface area contributed by atoms with Crippen LogP contribution in [0.25, 0.3) is 10.8 Å². The van der Waals surface area contributed by atoms with Crippen molar-refractivity contribution < 1.29 is 22.6 Å². The highest BCUT2D eigenvalue weighted by atomic mass is 32.2. The average Bonchev–Trinajstić information content (AvgIpc) is 2.61. The SMILES string of the molecule is O=Cc1ccccc1NNOS(=O)(=O)c1c(O)ccc2ccccc12. The second-order valence-electron chi connectivity index (χ2n) is 5.10. The Morgan fingerprint density at radius 3 is 2.48 bits per heavy atom. The van der Waals surface area contributed by atoms with Crippen LogP contribution >= 0.6 is 0 Å². The van der Waals surface area contributed by atoms with E-state index in [1.54, 1.807) is 54.6 Å². The van der Waals surface area contributed by atoms with Crippen LogP contribution < -0.4 is 11.0 Å². The lowest BCUT2D eigenvalue weighted by Gasteiger charge is -2.12. The van der Waals surface area contributed by atoms with Crippen LogP contribution in [-0.4, -0.2) is 19.8 Å². The van der Waals surface area contributed by atoms with E-state index < -0.39 is 15.9 Å². The molecular formula is C17H14N2O5S. The first kappa shape index (κ1) is 16.9.